The van der Waals surface area contributed by atoms with Gasteiger partial charge in [0.1, 0.15) is 0 Å². The smallest absolute Gasteiger partial charge is 0.395 e. The van der Waals surface area contributed by atoms with E-state index in [1.165, 1.54) is 4.90 Å². The van der Waals surface area contributed by atoms with Crippen molar-refractivity contribution < 1.29 is 18.3 Å². The molecular formula is C12H25F3N2O. The van der Waals surface area contributed by atoms with Crippen LogP contribution in [0.2, 0.25) is 0 Å². The van der Waals surface area contributed by atoms with Gasteiger partial charge < -0.3 is 10.8 Å². The van der Waals surface area contributed by atoms with Crippen LogP contribution < -0.4 is 5.73 Å². The van der Waals surface area contributed by atoms with E-state index in [2.05, 4.69) is 0 Å². The Balaban J connectivity index is 4.69. The van der Waals surface area contributed by atoms with Crippen LogP contribution in [-0.4, -0.2) is 48.0 Å². The van der Waals surface area contributed by atoms with Crippen molar-refractivity contribution in [3.63, 3.8) is 0 Å². The third kappa shape index (κ3) is 7.18. The van der Waals surface area contributed by atoms with Gasteiger partial charge in [0.05, 0.1) is 13.2 Å². The minimum absolute atomic E-state index is 0.288. The number of halogens is 3. The second-order valence-electron chi connectivity index (χ2n) is 5.13. The van der Waals surface area contributed by atoms with E-state index in [0.29, 0.717) is 18.8 Å². The third-order valence-corrected chi connectivity index (χ3v) is 2.79. The van der Waals surface area contributed by atoms with E-state index in [9.17, 15) is 18.3 Å². The molecule has 2 atom stereocenters. The second-order valence-corrected chi connectivity index (χ2v) is 5.13. The first kappa shape index (κ1) is 17.7. The minimum atomic E-state index is -4.26. The van der Waals surface area contributed by atoms with Crippen LogP contribution in [0, 0.1) is 5.92 Å². The molecule has 0 heterocycles. The van der Waals surface area contributed by atoms with Crippen LogP contribution in [0.25, 0.3) is 0 Å². The molecule has 0 fully saturated rings. The lowest BCUT2D eigenvalue weighted by molar-refractivity contribution is -0.153. The fourth-order valence-electron chi connectivity index (χ4n) is 2.10. The van der Waals surface area contributed by atoms with E-state index in [1.54, 1.807) is 0 Å². The normalized spacial score (nSPS) is 16.3. The van der Waals surface area contributed by atoms with Crippen molar-refractivity contribution in [2.75, 3.05) is 19.7 Å². The van der Waals surface area contributed by atoms with Crippen LogP contribution >= 0.6 is 0 Å². The Morgan fingerprint density at radius 2 is 1.83 bits per heavy atom. The summed E-state index contributed by atoms with van der Waals surface area (Å²) in [7, 11) is 0. The summed E-state index contributed by atoms with van der Waals surface area (Å²) in [6.07, 6.45) is -3.07. The number of hydrogen-bond acceptors (Lipinski definition) is 3. The maximum atomic E-state index is 12.5. The second kappa shape index (κ2) is 7.96. The highest BCUT2D eigenvalue weighted by molar-refractivity contribution is 4.83. The molecule has 18 heavy (non-hydrogen) atoms. The van der Waals surface area contributed by atoms with E-state index in [1.807, 2.05) is 20.8 Å². The number of alkyl halides is 3. The average Bonchev–Trinajstić information content (AvgIpc) is 2.14. The largest absolute Gasteiger partial charge is 0.401 e. The molecule has 0 aliphatic carbocycles. The lowest BCUT2D eigenvalue weighted by Gasteiger charge is -2.35. The monoisotopic (exact) mass is 270 g/mol. The molecule has 0 amide bonds. The Labute approximate surface area is 107 Å². The van der Waals surface area contributed by atoms with Gasteiger partial charge in [-0.3, -0.25) is 4.90 Å². The van der Waals surface area contributed by atoms with Gasteiger partial charge in [0.15, 0.2) is 0 Å². The molecule has 6 heteroatoms. The first-order valence-electron chi connectivity index (χ1n) is 6.38. The Morgan fingerprint density at radius 3 is 2.17 bits per heavy atom. The van der Waals surface area contributed by atoms with Crippen LogP contribution in [0.5, 0.6) is 0 Å². The maximum Gasteiger partial charge on any atom is 0.401 e. The predicted octanol–water partition coefficient (Wildman–Crippen LogP) is 1.99. The summed E-state index contributed by atoms with van der Waals surface area (Å²) in [4.78, 5) is 1.24. The molecule has 3 N–H and O–H groups in total. The Bertz CT molecular complexity index is 222. The number of aliphatic hydroxyl groups is 1. The van der Waals surface area contributed by atoms with Gasteiger partial charge in [-0.25, -0.2) is 0 Å². The molecule has 110 valence electrons. The molecule has 0 saturated carbocycles. The van der Waals surface area contributed by atoms with Crippen LogP contribution in [0.4, 0.5) is 13.2 Å². The standard InChI is InChI=1S/C12H25F3N2O/c1-4-5-17(8-12(13,14)15)11(7-18)10(16)6-9(2)3/h9-11,18H,4-8,16H2,1-3H3. The SMILES string of the molecule is CCCN(CC(F)(F)F)C(CO)C(N)CC(C)C. The molecule has 2 unspecified atom stereocenters. The van der Waals surface area contributed by atoms with E-state index in [4.69, 9.17) is 5.73 Å². The summed E-state index contributed by atoms with van der Waals surface area (Å²) in [6, 6.07) is -1.07. The summed E-state index contributed by atoms with van der Waals surface area (Å²) in [5.74, 6) is 0.295. The molecule has 0 aromatic carbocycles. The van der Waals surface area contributed by atoms with Crippen LogP contribution in [0.1, 0.15) is 33.6 Å². The van der Waals surface area contributed by atoms with Crippen LogP contribution in [0.3, 0.4) is 0 Å². The van der Waals surface area contributed by atoms with E-state index >= 15 is 0 Å². The summed E-state index contributed by atoms with van der Waals surface area (Å²) >= 11 is 0. The van der Waals surface area contributed by atoms with Gasteiger partial charge in [-0.2, -0.15) is 13.2 Å². The molecule has 3 nitrogen and oxygen atoms in total. The van der Waals surface area contributed by atoms with Gasteiger partial charge in [-0.05, 0) is 25.3 Å². The molecule has 0 aromatic rings. The van der Waals surface area contributed by atoms with Crippen molar-refractivity contribution in [2.45, 2.75) is 51.9 Å². The summed E-state index contributed by atoms with van der Waals surface area (Å²) in [6.45, 7) is 4.66. The summed E-state index contributed by atoms with van der Waals surface area (Å²) in [5, 5.41) is 9.31. The quantitative estimate of drug-likeness (QED) is 0.709. The molecular weight excluding hydrogens is 245 g/mol. The zero-order valence-electron chi connectivity index (χ0n) is 11.4. The summed E-state index contributed by atoms with van der Waals surface area (Å²) in [5.41, 5.74) is 5.91. The van der Waals surface area contributed by atoms with Crippen molar-refractivity contribution in [3.05, 3.63) is 0 Å². The molecule has 0 bridgehead atoms. The molecule has 0 rings (SSSR count). The van der Waals surface area contributed by atoms with Crippen molar-refractivity contribution >= 4 is 0 Å². The molecule has 0 aromatic heterocycles. The molecule has 0 aliphatic rings. The van der Waals surface area contributed by atoms with Gasteiger partial charge in [-0.1, -0.05) is 20.8 Å². The van der Waals surface area contributed by atoms with Crippen molar-refractivity contribution in [1.82, 2.24) is 4.90 Å². The third-order valence-electron chi connectivity index (χ3n) is 2.79. The van der Waals surface area contributed by atoms with E-state index < -0.39 is 24.8 Å². The number of hydrogen-bond donors (Lipinski definition) is 2. The Hall–Kier alpha value is -0.330. The lowest BCUT2D eigenvalue weighted by atomic mass is 9.97. The minimum Gasteiger partial charge on any atom is -0.395 e. The predicted molar refractivity (Wildman–Crippen MR) is 66.2 cm³/mol. The Morgan fingerprint density at radius 1 is 1.28 bits per heavy atom. The van der Waals surface area contributed by atoms with Gasteiger partial charge in [0.25, 0.3) is 0 Å². The van der Waals surface area contributed by atoms with Gasteiger partial charge in [0.2, 0.25) is 0 Å². The van der Waals surface area contributed by atoms with Crippen LogP contribution in [-0.2, 0) is 0 Å². The van der Waals surface area contributed by atoms with Crippen LogP contribution in [0.15, 0.2) is 0 Å². The number of aliphatic hydroxyl groups excluding tert-OH is 1. The molecule has 0 spiro atoms. The summed E-state index contributed by atoms with van der Waals surface area (Å²) < 4.78 is 37.5. The van der Waals surface area contributed by atoms with Crippen molar-refractivity contribution in [3.8, 4) is 0 Å². The first-order valence-corrected chi connectivity index (χ1v) is 6.38. The number of nitrogens with two attached hydrogens (primary N) is 1. The highest BCUT2D eigenvalue weighted by Crippen LogP contribution is 2.20. The number of nitrogens with zero attached hydrogens (tertiary/aromatic N) is 1. The van der Waals surface area contributed by atoms with E-state index in [0.717, 1.165) is 0 Å². The average molecular weight is 270 g/mol. The zero-order chi connectivity index (χ0) is 14.3. The maximum absolute atomic E-state index is 12.5. The van der Waals surface area contributed by atoms with E-state index in [-0.39, 0.29) is 13.2 Å². The zero-order valence-corrected chi connectivity index (χ0v) is 11.4. The first-order chi connectivity index (χ1) is 8.21. The molecule has 0 radical (unpaired) electrons. The number of rotatable bonds is 8. The Kier molecular flexibility index (Phi) is 7.82. The van der Waals surface area contributed by atoms with Gasteiger partial charge in [0, 0.05) is 12.1 Å². The van der Waals surface area contributed by atoms with Gasteiger partial charge >= 0.3 is 6.18 Å². The fraction of sp³-hybridized carbons (Fsp3) is 1.00. The highest BCUT2D eigenvalue weighted by atomic mass is 19.4. The molecule has 0 saturated heterocycles. The highest BCUT2D eigenvalue weighted by Gasteiger charge is 2.35. The van der Waals surface area contributed by atoms with Crippen molar-refractivity contribution in [1.29, 1.82) is 0 Å². The van der Waals surface area contributed by atoms with Gasteiger partial charge in [-0.15, -0.1) is 0 Å². The topological polar surface area (TPSA) is 49.5 Å². The molecule has 0 aliphatic heterocycles. The lowest BCUT2D eigenvalue weighted by Crippen LogP contribution is -2.53. The van der Waals surface area contributed by atoms with Crippen molar-refractivity contribution in [2.24, 2.45) is 11.7 Å². The fourth-order valence-corrected chi connectivity index (χ4v) is 2.10.